The summed E-state index contributed by atoms with van der Waals surface area (Å²) in [5.41, 5.74) is 0.700. The number of nitrogens with one attached hydrogen (secondary N) is 1. The van der Waals surface area contributed by atoms with Crippen molar-refractivity contribution in [1.82, 2.24) is 10.2 Å². The first-order valence-corrected chi connectivity index (χ1v) is 9.78. The van der Waals surface area contributed by atoms with Gasteiger partial charge in [-0.25, -0.2) is 4.79 Å². The smallest absolute Gasteiger partial charge is 0.328 e. The number of amides is 3. The van der Waals surface area contributed by atoms with Gasteiger partial charge in [0.25, 0.3) is 17.7 Å². The standard InChI is InChI=1S/C21H26N2O7/c1-4-13(2)18(21(28)29-3)22-16(24)12-30-17(25)10-7-11-23-19(26)14-8-5-6-9-15(14)20(23)27/h5-6,8-9,13,18H,4,7,10-12H2,1-3H3,(H,22,24)/t13-,18+/m1/s1. The molecule has 1 heterocycles. The van der Waals surface area contributed by atoms with Gasteiger partial charge in [-0.1, -0.05) is 32.4 Å². The highest BCUT2D eigenvalue weighted by atomic mass is 16.5. The number of esters is 2. The Bertz CT molecular complexity index is 801. The fraction of sp³-hybridized carbons (Fsp3) is 0.476. The number of fused-ring (bicyclic) bond motifs is 1. The fourth-order valence-electron chi connectivity index (χ4n) is 3.05. The molecule has 2 rings (SSSR count). The summed E-state index contributed by atoms with van der Waals surface area (Å²) in [6.45, 7) is 3.22. The fourth-order valence-corrected chi connectivity index (χ4v) is 3.05. The maximum atomic E-state index is 12.3. The van der Waals surface area contributed by atoms with Crippen molar-refractivity contribution in [1.29, 1.82) is 0 Å². The van der Waals surface area contributed by atoms with Gasteiger partial charge < -0.3 is 14.8 Å². The molecule has 1 aliphatic rings. The first-order chi connectivity index (χ1) is 14.3. The molecule has 9 heteroatoms. The van der Waals surface area contributed by atoms with Gasteiger partial charge in [-0.05, 0) is 24.5 Å². The summed E-state index contributed by atoms with van der Waals surface area (Å²) in [6, 6.07) is 5.72. The number of carbonyl (C=O) groups excluding carboxylic acids is 5. The number of benzene rings is 1. The topological polar surface area (TPSA) is 119 Å². The van der Waals surface area contributed by atoms with Gasteiger partial charge in [0, 0.05) is 13.0 Å². The highest BCUT2D eigenvalue weighted by Gasteiger charge is 2.34. The van der Waals surface area contributed by atoms with E-state index in [-0.39, 0.29) is 37.1 Å². The van der Waals surface area contributed by atoms with E-state index in [9.17, 15) is 24.0 Å². The molecule has 9 nitrogen and oxygen atoms in total. The second kappa shape index (κ2) is 10.5. The third-order valence-corrected chi connectivity index (χ3v) is 4.99. The summed E-state index contributed by atoms with van der Waals surface area (Å²) < 4.78 is 9.60. The Morgan fingerprint density at radius 1 is 1.10 bits per heavy atom. The van der Waals surface area contributed by atoms with E-state index >= 15 is 0 Å². The number of nitrogens with zero attached hydrogens (tertiary/aromatic N) is 1. The molecule has 0 spiro atoms. The van der Waals surface area contributed by atoms with Crippen LogP contribution in [0.2, 0.25) is 0 Å². The number of hydrogen-bond donors (Lipinski definition) is 1. The third-order valence-electron chi connectivity index (χ3n) is 4.99. The third kappa shape index (κ3) is 5.43. The highest BCUT2D eigenvalue weighted by Crippen LogP contribution is 2.22. The van der Waals surface area contributed by atoms with Crippen molar-refractivity contribution in [2.45, 2.75) is 39.2 Å². The lowest BCUT2D eigenvalue weighted by Crippen LogP contribution is -2.47. The van der Waals surface area contributed by atoms with Crippen molar-refractivity contribution in [3.05, 3.63) is 35.4 Å². The summed E-state index contributed by atoms with van der Waals surface area (Å²) in [4.78, 5) is 61.3. The van der Waals surface area contributed by atoms with E-state index in [1.54, 1.807) is 31.2 Å². The van der Waals surface area contributed by atoms with Crippen LogP contribution in [0.3, 0.4) is 0 Å². The summed E-state index contributed by atoms with van der Waals surface area (Å²) >= 11 is 0. The molecule has 1 aromatic carbocycles. The molecule has 0 bridgehead atoms. The molecule has 1 N–H and O–H groups in total. The molecular formula is C21H26N2O7. The van der Waals surface area contributed by atoms with Crippen LogP contribution >= 0.6 is 0 Å². The molecule has 0 saturated carbocycles. The lowest BCUT2D eigenvalue weighted by molar-refractivity contribution is -0.151. The molecule has 1 aromatic rings. The van der Waals surface area contributed by atoms with Gasteiger partial charge in [0.2, 0.25) is 0 Å². The largest absolute Gasteiger partial charge is 0.467 e. The van der Waals surface area contributed by atoms with Crippen LogP contribution in [0.1, 0.15) is 53.8 Å². The first kappa shape index (κ1) is 23.1. The number of hydrogen-bond acceptors (Lipinski definition) is 7. The first-order valence-electron chi connectivity index (χ1n) is 9.78. The second-order valence-electron chi connectivity index (χ2n) is 7.03. The van der Waals surface area contributed by atoms with Crippen LogP contribution in [0.15, 0.2) is 24.3 Å². The average molecular weight is 418 g/mol. The van der Waals surface area contributed by atoms with Crippen LogP contribution in [0.5, 0.6) is 0 Å². The van der Waals surface area contributed by atoms with E-state index < -0.39 is 30.5 Å². The van der Waals surface area contributed by atoms with Gasteiger partial charge in [-0.3, -0.25) is 24.1 Å². The second-order valence-corrected chi connectivity index (χ2v) is 7.03. The van der Waals surface area contributed by atoms with E-state index in [4.69, 9.17) is 4.74 Å². The van der Waals surface area contributed by atoms with Gasteiger partial charge in [-0.15, -0.1) is 0 Å². The Hall–Kier alpha value is -3.23. The van der Waals surface area contributed by atoms with Gasteiger partial charge in [0.1, 0.15) is 6.04 Å². The van der Waals surface area contributed by atoms with Crippen LogP contribution in [-0.4, -0.2) is 60.9 Å². The quantitative estimate of drug-likeness (QED) is 0.449. The van der Waals surface area contributed by atoms with Crippen LogP contribution in [0, 0.1) is 5.92 Å². The van der Waals surface area contributed by atoms with Crippen molar-refractivity contribution >= 4 is 29.7 Å². The lowest BCUT2D eigenvalue weighted by atomic mass is 9.99. The van der Waals surface area contributed by atoms with Crippen LogP contribution in [0.25, 0.3) is 0 Å². The van der Waals surface area contributed by atoms with E-state index in [1.165, 1.54) is 7.11 Å². The van der Waals surface area contributed by atoms with Gasteiger partial charge in [0.15, 0.2) is 6.61 Å². The molecule has 2 atom stereocenters. The molecule has 0 aliphatic carbocycles. The Labute approximate surface area is 174 Å². The predicted octanol–water partition coefficient (Wildman–Crippen LogP) is 1.31. The molecule has 1 aliphatic heterocycles. The predicted molar refractivity (Wildman–Crippen MR) is 105 cm³/mol. The molecule has 30 heavy (non-hydrogen) atoms. The van der Waals surface area contributed by atoms with Crippen LogP contribution in [0.4, 0.5) is 0 Å². The van der Waals surface area contributed by atoms with E-state index in [0.717, 1.165) is 4.90 Å². The Kier molecular flexibility index (Phi) is 8.08. The molecule has 0 unspecified atom stereocenters. The van der Waals surface area contributed by atoms with Gasteiger partial charge in [-0.2, -0.15) is 0 Å². The summed E-state index contributed by atoms with van der Waals surface area (Å²) in [7, 11) is 1.23. The molecule has 0 aromatic heterocycles. The van der Waals surface area contributed by atoms with E-state index in [2.05, 4.69) is 10.1 Å². The van der Waals surface area contributed by atoms with Gasteiger partial charge in [0.05, 0.1) is 18.2 Å². The molecule has 0 saturated heterocycles. The van der Waals surface area contributed by atoms with E-state index in [1.807, 2.05) is 6.92 Å². The summed E-state index contributed by atoms with van der Waals surface area (Å²) in [5.74, 6) is -2.73. The zero-order valence-corrected chi connectivity index (χ0v) is 17.3. The average Bonchev–Trinajstić information content (AvgIpc) is 3.00. The maximum Gasteiger partial charge on any atom is 0.328 e. The molecule has 3 amide bonds. The normalized spacial score (nSPS) is 14.7. The Balaban J connectivity index is 1.75. The van der Waals surface area contributed by atoms with Crippen molar-refractivity contribution in [2.75, 3.05) is 20.3 Å². The van der Waals surface area contributed by atoms with Crippen molar-refractivity contribution < 1.29 is 33.4 Å². The number of imide groups is 1. The minimum Gasteiger partial charge on any atom is -0.467 e. The number of carbonyl (C=O) groups is 5. The number of methoxy groups -OCH3 is 1. The van der Waals surface area contributed by atoms with Gasteiger partial charge >= 0.3 is 11.9 Å². The van der Waals surface area contributed by atoms with E-state index in [0.29, 0.717) is 17.5 Å². The number of ether oxygens (including phenoxy) is 2. The minimum atomic E-state index is -0.819. The molecular weight excluding hydrogens is 392 g/mol. The Morgan fingerprint density at radius 2 is 1.70 bits per heavy atom. The number of rotatable bonds is 10. The molecule has 162 valence electrons. The van der Waals surface area contributed by atoms with Crippen LogP contribution < -0.4 is 5.32 Å². The maximum absolute atomic E-state index is 12.3. The lowest BCUT2D eigenvalue weighted by Gasteiger charge is -2.21. The summed E-state index contributed by atoms with van der Waals surface area (Å²) in [6.07, 6.45) is 0.799. The minimum absolute atomic E-state index is 0.0630. The molecule has 0 radical (unpaired) electrons. The van der Waals surface area contributed by atoms with Crippen molar-refractivity contribution in [3.8, 4) is 0 Å². The van der Waals surface area contributed by atoms with Crippen molar-refractivity contribution in [2.24, 2.45) is 5.92 Å². The SMILES string of the molecule is CC[C@@H](C)[C@H](NC(=O)COC(=O)CCCN1C(=O)c2ccccc2C1=O)C(=O)OC. The van der Waals surface area contributed by atoms with Crippen LogP contribution in [-0.2, 0) is 23.9 Å². The van der Waals surface area contributed by atoms with Crippen molar-refractivity contribution in [3.63, 3.8) is 0 Å². The molecule has 0 fully saturated rings. The summed E-state index contributed by atoms with van der Waals surface area (Å²) in [5, 5.41) is 2.51. The monoisotopic (exact) mass is 418 g/mol. The zero-order chi connectivity index (χ0) is 22.3. The Morgan fingerprint density at radius 3 is 2.23 bits per heavy atom. The zero-order valence-electron chi connectivity index (χ0n) is 17.3. The highest BCUT2D eigenvalue weighted by molar-refractivity contribution is 6.21.